The van der Waals surface area contributed by atoms with Gasteiger partial charge in [0.2, 0.25) is 0 Å². The lowest BCUT2D eigenvalue weighted by Crippen LogP contribution is -2.22. The number of nitrogens with one attached hydrogen (secondary N) is 2. The standard InChI is InChI=1S/C14H19N3O/c1-3-8-15-14(12-9-16-17-10-12)11-4-6-13(18-2)7-5-11/h4-7,9-10,14-15H,3,8H2,1-2H3,(H,16,17). The van der Waals surface area contributed by atoms with Crippen molar-refractivity contribution in [2.24, 2.45) is 0 Å². The van der Waals surface area contributed by atoms with Gasteiger partial charge in [-0.25, -0.2) is 0 Å². The number of rotatable bonds is 6. The molecular weight excluding hydrogens is 226 g/mol. The highest BCUT2D eigenvalue weighted by molar-refractivity contribution is 5.33. The highest BCUT2D eigenvalue weighted by atomic mass is 16.5. The number of aromatic nitrogens is 2. The van der Waals surface area contributed by atoms with Gasteiger partial charge in [0, 0.05) is 11.8 Å². The first-order chi connectivity index (χ1) is 8.85. The maximum Gasteiger partial charge on any atom is 0.118 e. The van der Waals surface area contributed by atoms with Gasteiger partial charge in [0.05, 0.1) is 19.3 Å². The minimum absolute atomic E-state index is 0.176. The molecule has 0 amide bonds. The third kappa shape index (κ3) is 2.90. The van der Waals surface area contributed by atoms with E-state index in [2.05, 4.69) is 34.6 Å². The van der Waals surface area contributed by atoms with Crippen LogP contribution >= 0.6 is 0 Å². The Balaban J connectivity index is 2.21. The summed E-state index contributed by atoms with van der Waals surface area (Å²) in [7, 11) is 1.68. The van der Waals surface area contributed by atoms with Crippen molar-refractivity contribution >= 4 is 0 Å². The summed E-state index contributed by atoms with van der Waals surface area (Å²) >= 11 is 0. The number of hydrogen-bond donors (Lipinski definition) is 2. The van der Waals surface area contributed by atoms with Crippen molar-refractivity contribution in [1.29, 1.82) is 0 Å². The van der Waals surface area contributed by atoms with E-state index >= 15 is 0 Å². The zero-order valence-corrected chi connectivity index (χ0v) is 10.8. The van der Waals surface area contributed by atoms with Crippen LogP contribution in [-0.2, 0) is 0 Å². The molecule has 0 aliphatic rings. The predicted octanol–water partition coefficient (Wildman–Crippen LogP) is 2.51. The second kappa shape index (κ2) is 6.21. The Hall–Kier alpha value is -1.81. The van der Waals surface area contributed by atoms with Crippen LogP contribution in [0.4, 0.5) is 0 Å². The van der Waals surface area contributed by atoms with Crippen LogP contribution < -0.4 is 10.1 Å². The summed E-state index contributed by atoms with van der Waals surface area (Å²) in [6.07, 6.45) is 4.89. The molecule has 0 fully saturated rings. The maximum absolute atomic E-state index is 5.18. The number of methoxy groups -OCH3 is 1. The van der Waals surface area contributed by atoms with Gasteiger partial charge in [-0.05, 0) is 30.7 Å². The molecule has 4 heteroatoms. The minimum atomic E-state index is 0.176. The van der Waals surface area contributed by atoms with Crippen LogP contribution in [-0.4, -0.2) is 23.9 Å². The summed E-state index contributed by atoms with van der Waals surface area (Å²) in [5, 5.41) is 10.4. The number of nitrogens with zero attached hydrogens (tertiary/aromatic N) is 1. The zero-order valence-electron chi connectivity index (χ0n) is 10.8. The summed E-state index contributed by atoms with van der Waals surface area (Å²) < 4.78 is 5.18. The van der Waals surface area contributed by atoms with Crippen LogP contribution in [0.15, 0.2) is 36.7 Å². The number of H-pyrrole nitrogens is 1. The summed E-state index contributed by atoms with van der Waals surface area (Å²) in [6.45, 7) is 3.13. The molecule has 0 bridgehead atoms. The monoisotopic (exact) mass is 245 g/mol. The second-order valence-electron chi connectivity index (χ2n) is 4.19. The van der Waals surface area contributed by atoms with Crippen LogP contribution in [0, 0.1) is 0 Å². The molecule has 0 radical (unpaired) electrons. The molecule has 1 aromatic heterocycles. The van der Waals surface area contributed by atoms with Crippen LogP contribution in [0.1, 0.15) is 30.5 Å². The normalized spacial score (nSPS) is 12.3. The molecule has 0 aliphatic carbocycles. The van der Waals surface area contributed by atoms with Gasteiger partial charge in [0.15, 0.2) is 0 Å². The second-order valence-corrected chi connectivity index (χ2v) is 4.19. The summed E-state index contributed by atoms with van der Waals surface area (Å²) in [4.78, 5) is 0. The SMILES string of the molecule is CCCNC(c1ccc(OC)cc1)c1cn[nH]c1. The van der Waals surface area contributed by atoms with E-state index in [-0.39, 0.29) is 6.04 Å². The van der Waals surface area contributed by atoms with Crippen molar-refractivity contribution in [3.05, 3.63) is 47.8 Å². The summed E-state index contributed by atoms with van der Waals surface area (Å²) in [5.74, 6) is 0.875. The number of hydrogen-bond acceptors (Lipinski definition) is 3. The molecule has 2 aromatic rings. The van der Waals surface area contributed by atoms with E-state index in [0.29, 0.717) is 0 Å². The van der Waals surface area contributed by atoms with Crippen molar-refractivity contribution in [1.82, 2.24) is 15.5 Å². The number of benzene rings is 1. The van der Waals surface area contributed by atoms with E-state index in [1.807, 2.05) is 24.5 Å². The van der Waals surface area contributed by atoms with Crippen molar-refractivity contribution < 1.29 is 4.74 Å². The lowest BCUT2D eigenvalue weighted by molar-refractivity contribution is 0.414. The Labute approximate surface area is 107 Å². The summed E-state index contributed by atoms with van der Waals surface area (Å²) in [5.41, 5.74) is 2.36. The van der Waals surface area contributed by atoms with E-state index in [9.17, 15) is 0 Å². The fourth-order valence-corrected chi connectivity index (χ4v) is 1.93. The quantitative estimate of drug-likeness (QED) is 0.822. The third-order valence-electron chi connectivity index (χ3n) is 2.90. The summed E-state index contributed by atoms with van der Waals surface area (Å²) in [6, 6.07) is 8.30. The molecular formula is C14H19N3O. The van der Waals surface area contributed by atoms with Crippen molar-refractivity contribution in [2.45, 2.75) is 19.4 Å². The van der Waals surface area contributed by atoms with Gasteiger partial charge < -0.3 is 10.1 Å². The van der Waals surface area contributed by atoms with E-state index in [1.165, 1.54) is 5.56 Å². The average molecular weight is 245 g/mol. The Kier molecular flexibility index (Phi) is 4.36. The van der Waals surface area contributed by atoms with Crippen molar-refractivity contribution in [3.8, 4) is 5.75 Å². The van der Waals surface area contributed by atoms with Crippen LogP contribution in [0.2, 0.25) is 0 Å². The average Bonchev–Trinajstić information content (AvgIpc) is 2.94. The predicted molar refractivity (Wildman–Crippen MR) is 71.7 cm³/mol. The lowest BCUT2D eigenvalue weighted by Gasteiger charge is -2.17. The molecule has 4 nitrogen and oxygen atoms in total. The van der Waals surface area contributed by atoms with Crippen LogP contribution in [0.5, 0.6) is 5.75 Å². The topological polar surface area (TPSA) is 49.9 Å². The van der Waals surface area contributed by atoms with Crippen LogP contribution in [0.25, 0.3) is 0 Å². The molecule has 0 spiro atoms. The molecule has 0 saturated heterocycles. The van der Waals surface area contributed by atoms with Crippen molar-refractivity contribution in [2.75, 3.05) is 13.7 Å². The van der Waals surface area contributed by atoms with Crippen molar-refractivity contribution in [3.63, 3.8) is 0 Å². The highest BCUT2D eigenvalue weighted by Crippen LogP contribution is 2.23. The van der Waals surface area contributed by atoms with Gasteiger partial charge in [-0.1, -0.05) is 19.1 Å². The molecule has 1 unspecified atom stereocenters. The Morgan fingerprint density at radius 2 is 2.06 bits per heavy atom. The Bertz CT molecular complexity index is 450. The fourth-order valence-electron chi connectivity index (χ4n) is 1.93. The van der Waals surface area contributed by atoms with Gasteiger partial charge >= 0.3 is 0 Å². The fraction of sp³-hybridized carbons (Fsp3) is 0.357. The first-order valence-corrected chi connectivity index (χ1v) is 6.21. The first kappa shape index (κ1) is 12.6. The Morgan fingerprint density at radius 3 is 2.61 bits per heavy atom. The molecule has 18 heavy (non-hydrogen) atoms. The zero-order chi connectivity index (χ0) is 12.8. The smallest absolute Gasteiger partial charge is 0.118 e. The highest BCUT2D eigenvalue weighted by Gasteiger charge is 2.14. The van der Waals surface area contributed by atoms with E-state index in [0.717, 1.165) is 24.3 Å². The molecule has 2 rings (SSSR count). The molecule has 1 heterocycles. The Morgan fingerprint density at radius 1 is 1.28 bits per heavy atom. The first-order valence-electron chi connectivity index (χ1n) is 6.21. The molecule has 0 saturated carbocycles. The van der Waals surface area contributed by atoms with Gasteiger partial charge in [0.1, 0.15) is 5.75 Å². The maximum atomic E-state index is 5.18. The minimum Gasteiger partial charge on any atom is -0.497 e. The number of ether oxygens (including phenoxy) is 1. The lowest BCUT2D eigenvalue weighted by atomic mass is 10.0. The molecule has 2 N–H and O–H groups in total. The van der Waals surface area contributed by atoms with Crippen LogP contribution in [0.3, 0.4) is 0 Å². The number of aromatic amines is 1. The van der Waals surface area contributed by atoms with Gasteiger partial charge in [0.25, 0.3) is 0 Å². The van der Waals surface area contributed by atoms with E-state index in [1.54, 1.807) is 7.11 Å². The van der Waals surface area contributed by atoms with E-state index < -0.39 is 0 Å². The molecule has 0 aliphatic heterocycles. The van der Waals surface area contributed by atoms with Gasteiger partial charge in [-0.15, -0.1) is 0 Å². The van der Waals surface area contributed by atoms with E-state index in [4.69, 9.17) is 4.74 Å². The molecule has 1 atom stereocenters. The van der Waals surface area contributed by atoms with Gasteiger partial charge in [-0.3, -0.25) is 5.10 Å². The molecule has 1 aromatic carbocycles. The van der Waals surface area contributed by atoms with Gasteiger partial charge in [-0.2, -0.15) is 5.10 Å². The third-order valence-corrected chi connectivity index (χ3v) is 2.90. The largest absolute Gasteiger partial charge is 0.497 e. The molecule has 96 valence electrons.